The fourth-order valence-corrected chi connectivity index (χ4v) is 3.21. The molecule has 0 spiro atoms. The Morgan fingerprint density at radius 3 is 2.77 bits per heavy atom. The average molecular weight is 369 g/mol. The minimum absolute atomic E-state index is 0.220. The summed E-state index contributed by atoms with van der Waals surface area (Å²) >= 11 is 6.11. The van der Waals surface area contributed by atoms with Crippen molar-refractivity contribution < 1.29 is 9.53 Å². The van der Waals surface area contributed by atoms with Gasteiger partial charge < -0.3 is 15.0 Å². The van der Waals surface area contributed by atoms with Crippen LogP contribution >= 0.6 is 11.6 Å². The number of fused-ring (bicyclic) bond motifs is 1. The van der Waals surface area contributed by atoms with Crippen LogP contribution in [0.3, 0.4) is 0 Å². The Labute approximate surface area is 155 Å². The van der Waals surface area contributed by atoms with Crippen molar-refractivity contribution in [3.63, 3.8) is 0 Å². The molecule has 0 saturated carbocycles. The quantitative estimate of drug-likeness (QED) is 0.767. The number of rotatable bonds is 3. The summed E-state index contributed by atoms with van der Waals surface area (Å²) in [4.78, 5) is 23.7. The number of morpholine rings is 1. The van der Waals surface area contributed by atoms with Gasteiger partial charge in [-0.05, 0) is 24.3 Å². The summed E-state index contributed by atoms with van der Waals surface area (Å²) in [6.45, 7) is 2.84. The van der Waals surface area contributed by atoms with E-state index in [-0.39, 0.29) is 5.91 Å². The van der Waals surface area contributed by atoms with Crippen molar-refractivity contribution in [2.75, 3.05) is 36.5 Å². The molecule has 0 unspecified atom stereocenters. The summed E-state index contributed by atoms with van der Waals surface area (Å²) in [7, 11) is 0. The largest absolute Gasteiger partial charge is 0.378 e. The number of carbonyl (C=O) groups excluding carboxylic acids is 1. The van der Waals surface area contributed by atoms with Gasteiger partial charge in [0.05, 0.1) is 35.5 Å². The van der Waals surface area contributed by atoms with Gasteiger partial charge in [-0.25, -0.2) is 9.97 Å². The lowest BCUT2D eigenvalue weighted by Crippen LogP contribution is -2.37. The molecule has 0 aliphatic carbocycles. The second kappa shape index (κ2) is 7.27. The van der Waals surface area contributed by atoms with E-state index in [1.54, 1.807) is 12.1 Å². The van der Waals surface area contributed by atoms with Gasteiger partial charge in [0.2, 0.25) is 0 Å². The van der Waals surface area contributed by atoms with Gasteiger partial charge in [-0.3, -0.25) is 4.79 Å². The number of halogens is 1. The molecule has 7 heteroatoms. The fourth-order valence-electron chi connectivity index (χ4n) is 3.00. The van der Waals surface area contributed by atoms with Crippen molar-refractivity contribution in [2.24, 2.45) is 0 Å². The lowest BCUT2D eigenvalue weighted by Gasteiger charge is -2.30. The van der Waals surface area contributed by atoms with Crippen LogP contribution in [0.2, 0.25) is 5.02 Å². The summed E-state index contributed by atoms with van der Waals surface area (Å²) < 4.78 is 5.40. The topological polar surface area (TPSA) is 67.4 Å². The molecule has 3 aromatic rings. The van der Waals surface area contributed by atoms with E-state index in [1.807, 2.05) is 30.3 Å². The molecule has 1 amide bonds. The van der Waals surface area contributed by atoms with Crippen LogP contribution in [-0.2, 0) is 4.74 Å². The van der Waals surface area contributed by atoms with Gasteiger partial charge in [0, 0.05) is 18.8 Å². The van der Waals surface area contributed by atoms with Crippen LogP contribution in [0.25, 0.3) is 11.0 Å². The Morgan fingerprint density at radius 1 is 1.12 bits per heavy atom. The van der Waals surface area contributed by atoms with Crippen LogP contribution in [0.4, 0.5) is 11.5 Å². The SMILES string of the molecule is O=C(Nc1cnc2c(Cl)cccc2n1)c1ccccc1N1CCOCC1. The molecule has 0 bridgehead atoms. The first-order chi connectivity index (χ1) is 12.7. The van der Waals surface area contributed by atoms with E-state index in [2.05, 4.69) is 20.2 Å². The zero-order valence-corrected chi connectivity index (χ0v) is 14.7. The Hall–Kier alpha value is -2.70. The molecule has 1 fully saturated rings. The maximum Gasteiger partial charge on any atom is 0.258 e. The van der Waals surface area contributed by atoms with Crippen molar-refractivity contribution in [1.29, 1.82) is 0 Å². The van der Waals surface area contributed by atoms with Crippen molar-refractivity contribution in [3.8, 4) is 0 Å². The lowest BCUT2D eigenvalue weighted by atomic mass is 10.1. The molecule has 132 valence electrons. The number of ether oxygens (including phenoxy) is 1. The third-order valence-electron chi connectivity index (χ3n) is 4.26. The van der Waals surface area contributed by atoms with Gasteiger partial charge in [-0.1, -0.05) is 29.8 Å². The molecule has 2 aromatic carbocycles. The Balaban J connectivity index is 1.61. The van der Waals surface area contributed by atoms with Gasteiger partial charge in [0.1, 0.15) is 5.52 Å². The van der Waals surface area contributed by atoms with Crippen LogP contribution < -0.4 is 10.2 Å². The van der Waals surface area contributed by atoms with E-state index in [0.717, 1.165) is 18.8 Å². The number of carbonyl (C=O) groups is 1. The number of hydrogen-bond acceptors (Lipinski definition) is 5. The highest BCUT2D eigenvalue weighted by atomic mass is 35.5. The lowest BCUT2D eigenvalue weighted by molar-refractivity contribution is 0.102. The Morgan fingerprint density at radius 2 is 1.92 bits per heavy atom. The zero-order valence-electron chi connectivity index (χ0n) is 14.0. The second-order valence-corrected chi connectivity index (χ2v) is 6.34. The third-order valence-corrected chi connectivity index (χ3v) is 4.57. The number of hydrogen-bond donors (Lipinski definition) is 1. The number of benzene rings is 2. The van der Waals surface area contributed by atoms with E-state index >= 15 is 0 Å². The summed E-state index contributed by atoms with van der Waals surface area (Å²) in [5.74, 6) is 0.171. The molecule has 1 aliphatic rings. The minimum Gasteiger partial charge on any atom is -0.378 e. The molecule has 1 N–H and O–H groups in total. The first-order valence-corrected chi connectivity index (χ1v) is 8.74. The molecule has 26 heavy (non-hydrogen) atoms. The fraction of sp³-hybridized carbons (Fsp3) is 0.211. The predicted octanol–water partition coefficient (Wildman–Crippen LogP) is 3.37. The van der Waals surface area contributed by atoms with Crippen LogP contribution in [0.1, 0.15) is 10.4 Å². The van der Waals surface area contributed by atoms with Gasteiger partial charge in [-0.15, -0.1) is 0 Å². The highest BCUT2D eigenvalue weighted by molar-refractivity contribution is 6.34. The second-order valence-electron chi connectivity index (χ2n) is 5.93. The number of anilines is 2. The maximum atomic E-state index is 12.8. The van der Waals surface area contributed by atoms with Gasteiger partial charge in [-0.2, -0.15) is 0 Å². The summed E-state index contributed by atoms with van der Waals surface area (Å²) in [6.07, 6.45) is 1.52. The van der Waals surface area contributed by atoms with Gasteiger partial charge in [0.15, 0.2) is 5.82 Å². The smallest absolute Gasteiger partial charge is 0.258 e. The molecule has 0 atom stereocenters. The molecule has 4 rings (SSSR count). The molecule has 1 aliphatic heterocycles. The first kappa shape index (κ1) is 16.8. The highest BCUT2D eigenvalue weighted by Crippen LogP contribution is 2.24. The van der Waals surface area contributed by atoms with Crippen LogP contribution in [0, 0.1) is 0 Å². The molecule has 2 heterocycles. The van der Waals surface area contributed by atoms with Crippen molar-refractivity contribution in [2.45, 2.75) is 0 Å². The molecule has 6 nitrogen and oxygen atoms in total. The van der Waals surface area contributed by atoms with Crippen molar-refractivity contribution >= 4 is 40.0 Å². The molecule has 1 aromatic heterocycles. The van der Waals surface area contributed by atoms with Crippen LogP contribution in [0.5, 0.6) is 0 Å². The molecular formula is C19H17ClN4O2. The van der Waals surface area contributed by atoms with Crippen molar-refractivity contribution in [3.05, 3.63) is 59.2 Å². The average Bonchev–Trinajstić information content (AvgIpc) is 2.69. The van der Waals surface area contributed by atoms with Crippen LogP contribution in [-0.4, -0.2) is 42.2 Å². The van der Waals surface area contributed by atoms with Crippen molar-refractivity contribution in [1.82, 2.24) is 9.97 Å². The number of aromatic nitrogens is 2. The summed E-state index contributed by atoms with van der Waals surface area (Å²) in [5, 5.41) is 3.37. The Kier molecular flexibility index (Phi) is 4.69. The minimum atomic E-state index is -0.220. The molecular weight excluding hydrogens is 352 g/mol. The molecule has 1 saturated heterocycles. The summed E-state index contributed by atoms with van der Waals surface area (Å²) in [6, 6.07) is 12.9. The van der Waals surface area contributed by atoms with E-state index in [9.17, 15) is 4.79 Å². The number of para-hydroxylation sites is 2. The normalized spacial score (nSPS) is 14.4. The monoisotopic (exact) mass is 368 g/mol. The van der Waals surface area contributed by atoms with E-state index in [0.29, 0.717) is 40.7 Å². The predicted molar refractivity (Wildman–Crippen MR) is 102 cm³/mol. The molecule has 0 radical (unpaired) electrons. The number of nitrogens with zero attached hydrogens (tertiary/aromatic N) is 3. The van der Waals surface area contributed by atoms with Gasteiger partial charge in [0.25, 0.3) is 5.91 Å². The standard InChI is InChI=1S/C19H17ClN4O2/c20-14-5-3-6-15-18(14)21-12-17(22-15)23-19(25)13-4-1-2-7-16(13)24-8-10-26-11-9-24/h1-7,12H,8-11H2,(H,22,23,25). The van der Waals surface area contributed by atoms with E-state index in [4.69, 9.17) is 16.3 Å². The number of nitrogens with one attached hydrogen (secondary N) is 1. The van der Waals surface area contributed by atoms with E-state index < -0.39 is 0 Å². The van der Waals surface area contributed by atoms with E-state index in [1.165, 1.54) is 6.20 Å². The zero-order chi connectivity index (χ0) is 17.9. The Bertz CT molecular complexity index is 957. The summed E-state index contributed by atoms with van der Waals surface area (Å²) in [5.41, 5.74) is 2.74. The van der Waals surface area contributed by atoms with Gasteiger partial charge >= 0.3 is 0 Å². The van der Waals surface area contributed by atoms with Crippen LogP contribution in [0.15, 0.2) is 48.7 Å². The maximum absolute atomic E-state index is 12.8. The highest BCUT2D eigenvalue weighted by Gasteiger charge is 2.19. The first-order valence-electron chi connectivity index (χ1n) is 8.37. The third kappa shape index (κ3) is 3.34. The number of amides is 1.